The summed E-state index contributed by atoms with van der Waals surface area (Å²) in [5.74, 6) is -0.310. The van der Waals surface area contributed by atoms with Crippen molar-refractivity contribution in [1.29, 1.82) is 0 Å². The van der Waals surface area contributed by atoms with E-state index >= 15 is 0 Å². The van der Waals surface area contributed by atoms with E-state index in [2.05, 4.69) is 22.3 Å². The number of hydrogen-bond acceptors (Lipinski definition) is 4. The van der Waals surface area contributed by atoms with Crippen LogP contribution in [-0.2, 0) is 0 Å². The van der Waals surface area contributed by atoms with Crippen molar-refractivity contribution in [2.75, 3.05) is 19.6 Å². The topological polar surface area (TPSA) is 62.6 Å². The van der Waals surface area contributed by atoms with Crippen LogP contribution >= 0.6 is 0 Å². The molecule has 1 aliphatic rings. The van der Waals surface area contributed by atoms with Crippen molar-refractivity contribution in [3.05, 3.63) is 82.2 Å². The van der Waals surface area contributed by atoms with Crippen LogP contribution < -0.4 is 10.7 Å². The Bertz CT molecular complexity index is 1010. The smallest absolute Gasteiger partial charge is 0.287 e. The molecule has 144 valence electrons. The summed E-state index contributed by atoms with van der Waals surface area (Å²) in [7, 11) is 0. The first-order valence-corrected chi connectivity index (χ1v) is 9.82. The predicted octanol–water partition coefficient (Wildman–Crippen LogP) is 3.75. The fraction of sp³-hybridized carbons (Fsp3) is 0.304. The number of piperidine rings is 1. The standard InChI is InChI=1S/C23H24N2O3/c26-20-15-22(28-21-12-6-5-11-18(20)21)23(27)24-16-19(17-9-3-1-4-10-17)25-13-7-2-8-14-25/h1,3-6,9-12,15,19H,2,7-8,13-14,16H2,(H,24,27)/t19-/m0/s1. The Hall–Kier alpha value is -2.92. The van der Waals surface area contributed by atoms with Crippen LogP contribution in [0.2, 0.25) is 0 Å². The van der Waals surface area contributed by atoms with Gasteiger partial charge in [0.1, 0.15) is 5.58 Å². The summed E-state index contributed by atoms with van der Waals surface area (Å²) in [4.78, 5) is 27.4. The molecule has 1 saturated heterocycles. The van der Waals surface area contributed by atoms with Gasteiger partial charge in [-0.2, -0.15) is 0 Å². The molecule has 5 nitrogen and oxygen atoms in total. The zero-order valence-electron chi connectivity index (χ0n) is 15.8. The van der Waals surface area contributed by atoms with Gasteiger partial charge in [-0.05, 0) is 43.6 Å². The first-order chi connectivity index (χ1) is 13.7. The van der Waals surface area contributed by atoms with E-state index in [0.29, 0.717) is 17.5 Å². The van der Waals surface area contributed by atoms with Gasteiger partial charge in [0.05, 0.1) is 11.4 Å². The molecule has 0 radical (unpaired) electrons. The third kappa shape index (κ3) is 3.99. The molecule has 0 spiro atoms. The zero-order chi connectivity index (χ0) is 19.3. The summed E-state index contributed by atoms with van der Waals surface area (Å²) in [5, 5.41) is 3.45. The van der Waals surface area contributed by atoms with Gasteiger partial charge in [0.25, 0.3) is 5.91 Å². The maximum Gasteiger partial charge on any atom is 0.287 e. The summed E-state index contributed by atoms with van der Waals surface area (Å²) in [6, 6.07) is 18.6. The summed E-state index contributed by atoms with van der Waals surface area (Å²) in [5.41, 5.74) is 1.41. The lowest BCUT2D eigenvalue weighted by Gasteiger charge is -2.35. The third-order valence-corrected chi connectivity index (χ3v) is 5.33. The number of para-hydroxylation sites is 1. The minimum atomic E-state index is -0.360. The number of hydrogen-bond donors (Lipinski definition) is 1. The molecule has 1 amide bonds. The normalized spacial score (nSPS) is 16.0. The van der Waals surface area contributed by atoms with Gasteiger partial charge < -0.3 is 9.73 Å². The monoisotopic (exact) mass is 376 g/mol. The van der Waals surface area contributed by atoms with Crippen LogP contribution in [0.15, 0.2) is 69.9 Å². The minimum absolute atomic E-state index is 0.0501. The Morgan fingerprint density at radius 2 is 1.71 bits per heavy atom. The van der Waals surface area contributed by atoms with Gasteiger partial charge >= 0.3 is 0 Å². The highest BCUT2D eigenvalue weighted by atomic mass is 16.3. The Kier molecular flexibility index (Phi) is 5.53. The fourth-order valence-electron chi connectivity index (χ4n) is 3.86. The number of nitrogens with one attached hydrogen (secondary N) is 1. The SMILES string of the molecule is O=C(NC[C@@H](c1ccccc1)N1CCCCC1)c1cc(=O)c2ccccc2o1. The fourth-order valence-corrected chi connectivity index (χ4v) is 3.86. The summed E-state index contributed by atoms with van der Waals surface area (Å²) in [6.45, 7) is 2.53. The molecule has 5 heteroatoms. The maximum atomic E-state index is 12.7. The van der Waals surface area contributed by atoms with Gasteiger partial charge in [0.2, 0.25) is 0 Å². The van der Waals surface area contributed by atoms with E-state index in [0.717, 1.165) is 13.1 Å². The highest BCUT2D eigenvalue weighted by Crippen LogP contribution is 2.24. The van der Waals surface area contributed by atoms with E-state index < -0.39 is 0 Å². The average Bonchev–Trinajstić information content (AvgIpc) is 2.75. The molecule has 0 bridgehead atoms. The van der Waals surface area contributed by atoms with E-state index in [-0.39, 0.29) is 23.1 Å². The first kappa shape index (κ1) is 18.4. The molecule has 1 fully saturated rings. The summed E-state index contributed by atoms with van der Waals surface area (Å²) in [6.07, 6.45) is 3.61. The average molecular weight is 376 g/mol. The largest absolute Gasteiger partial charge is 0.451 e. The molecule has 28 heavy (non-hydrogen) atoms. The molecule has 1 atom stereocenters. The Balaban J connectivity index is 1.53. The van der Waals surface area contributed by atoms with E-state index in [9.17, 15) is 9.59 Å². The second-order valence-electron chi connectivity index (χ2n) is 7.20. The number of rotatable bonds is 5. The molecule has 1 aliphatic heterocycles. The van der Waals surface area contributed by atoms with Gasteiger partial charge in [-0.15, -0.1) is 0 Å². The maximum absolute atomic E-state index is 12.7. The molecule has 0 saturated carbocycles. The van der Waals surface area contributed by atoms with Crippen molar-refractivity contribution in [3.63, 3.8) is 0 Å². The van der Waals surface area contributed by atoms with Crippen LogP contribution in [0.3, 0.4) is 0 Å². The zero-order valence-corrected chi connectivity index (χ0v) is 15.8. The molecular weight excluding hydrogens is 352 g/mol. The van der Waals surface area contributed by atoms with Crippen molar-refractivity contribution < 1.29 is 9.21 Å². The van der Waals surface area contributed by atoms with Crippen molar-refractivity contribution in [1.82, 2.24) is 10.2 Å². The quantitative estimate of drug-likeness (QED) is 0.737. The van der Waals surface area contributed by atoms with Gasteiger partial charge in [-0.25, -0.2) is 0 Å². The van der Waals surface area contributed by atoms with Crippen molar-refractivity contribution in [2.24, 2.45) is 0 Å². The highest BCUT2D eigenvalue weighted by molar-refractivity contribution is 5.93. The highest BCUT2D eigenvalue weighted by Gasteiger charge is 2.23. The second kappa shape index (κ2) is 8.40. The molecule has 2 aromatic carbocycles. The molecule has 1 N–H and O–H groups in total. The molecule has 0 unspecified atom stereocenters. The first-order valence-electron chi connectivity index (χ1n) is 9.82. The number of nitrogens with zero attached hydrogens (tertiary/aromatic N) is 1. The third-order valence-electron chi connectivity index (χ3n) is 5.33. The van der Waals surface area contributed by atoms with Crippen LogP contribution in [-0.4, -0.2) is 30.4 Å². The molecule has 2 heterocycles. The van der Waals surface area contributed by atoms with E-state index in [1.165, 1.54) is 30.9 Å². The van der Waals surface area contributed by atoms with Crippen LogP contribution in [0.1, 0.15) is 41.4 Å². The number of likely N-dealkylation sites (tertiary alicyclic amines) is 1. The van der Waals surface area contributed by atoms with Crippen molar-refractivity contribution >= 4 is 16.9 Å². The van der Waals surface area contributed by atoms with Crippen molar-refractivity contribution in [2.45, 2.75) is 25.3 Å². The second-order valence-corrected chi connectivity index (χ2v) is 7.20. The number of carbonyl (C=O) groups is 1. The number of amides is 1. The minimum Gasteiger partial charge on any atom is -0.451 e. The van der Waals surface area contributed by atoms with Gasteiger partial charge in [-0.1, -0.05) is 48.9 Å². The van der Waals surface area contributed by atoms with E-state index in [4.69, 9.17) is 4.42 Å². The lowest BCUT2D eigenvalue weighted by Crippen LogP contribution is -2.40. The van der Waals surface area contributed by atoms with E-state index in [1.54, 1.807) is 24.3 Å². The van der Waals surface area contributed by atoms with Gasteiger partial charge in [0, 0.05) is 12.6 Å². The number of benzene rings is 2. The number of fused-ring (bicyclic) bond motifs is 1. The summed E-state index contributed by atoms with van der Waals surface area (Å²) < 4.78 is 5.66. The lowest BCUT2D eigenvalue weighted by molar-refractivity contribution is 0.0897. The molecule has 4 rings (SSSR count). The van der Waals surface area contributed by atoms with Crippen LogP contribution in [0.5, 0.6) is 0 Å². The Morgan fingerprint density at radius 1 is 1.00 bits per heavy atom. The van der Waals surface area contributed by atoms with Crippen LogP contribution in [0, 0.1) is 0 Å². The Labute approximate surface area is 164 Å². The molecular formula is C23H24N2O3. The molecule has 3 aromatic rings. The van der Waals surface area contributed by atoms with Crippen molar-refractivity contribution in [3.8, 4) is 0 Å². The van der Waals surface area contributed by atoms with Crippen LogP contribution in [0.4, 0.5) is 0 Å². The molecule has 1 aromatic heterocycles. The van der Waals surface area contributed by atoms with Gasteiger partial charge in [-0.3, -0.25) is 14.5 Å². The lowest BCUT2D eigenvalue weighted by atomic mass is 10.0. The van der Waals surface area contributed by atoms with Crippen LogP contribution in [0.25, 0.3) is 11.0 Å². The van der Waals surface area contributed by atoms with E-state index in [1.807, 2.05) is 18.2 Å². The summed E-state index contributed by atoms with van der Waals surface area (Å²) >= 11 is 0. The molecule has 0 aliphatic carbocycles. The number of carbonyl (C=O) groups excluding carboxylic acids is 1. The predicted molar refractivity (Wildman–Crippen MR) is 109 cm³/mol. The Morgan fingerprint density at radius 3 is 2.50 bits per heavy atom. The van der Waals surface area contributed by atoms with Gasteiger partial charge in [0.15, 0.2) is 11.2 Å².